The highest BCUT2D eigenvalue weighted by atomic mass is 32.2. The molecule has 0 bridgehead atoms. The maximum absolute atomic E-state index is 12.4. The molecule has 0 saturated carbocycles. The molecule has 1 aromatic rings. The highest BCUT2D eigenvalue weighted by Crippen LogP contribution is 2.47. The van der Waals surface area contributed by atoms with E-state index >= 15 is 0 Å². The Balaban J connectivity index is 1.63. The van der Waals surface area contributed by atoms with E-state index in [0.717, 1.165) is 6.42 Å². The molecule has 0 radical (unpaired) electrons. The summed E-state index contributed by atoms with van der Waals surface area (Å²) in [6, 6.07) is 4.12. The van der Waals surface area contributed by atoms with Gasteiger partial charge in [-0.1, -0.05) is 0 Å². The van der Waals surface area contributed by atoms with Crippen LogP contribution in [0.3, 0.4) is 0 Å². The van der Waals surface area contributed by atoms with Gasteiger partial charge in [0.15, 0.2) is 23.9 Å². The summed E-state index contributed by atoms with van der Waals surface area (Å²) in [6.45, 7) is 1.58. The highest BCUT2D eigenvalue weighted by molar-refractivity contribution is 8.01. The number of hydrogen-bond acceptors (Lipinski definition) is 7. The maximum Gasteiger partial charge on any atom is 0.330 e. The number of amides is 1. The number of ketones is 1. The lowest BCUT2D eigenvalue weighted by Crippen LogP contribution is -2.46. The Morgan fingerprint density at radius 1 is 1.27 bits per heavy atom. The molecule has 3 rings (SSSR count). The van der Waals surface area contributed by atoms with Gasteiger partial charge in [-0.05, 0) is 31.5 Å². The zero-order valence-corrected chi connectivity index (χ0v) is 15.8. The molecule has 26 heavy (non-hydrogen) atoms. The fraction of sp³-hybridized carbons (Fsp3) is 0.500. The highest BCUT2D eigenvalue weighted by Gasteiger charge is 2.53. The molecule has 1 aromatic carbocycles. The van der Waals surface area contributed by atoms with Gasteiger partial charge in [0, 0.05) is 17.7 Å². The van der Waals surface area contributed by atoms with E-state index in [1.807, 2.05) is 6.92 Å². The monoisotopic (exact) mass is 379 g/mol. The molecule has 7 nitrogen and oxygen atoms in total. The van der Waals surface area contributed by atoms with E-state index in [1.54, 1.807) is 34.9 Å². The molecule has 2 atom stereocenters. The number of carbonyl (C=O) groups excluding carboxylic acids is 3. The molecule has 2 aliphatic heterocycles. The van der Waals surface area contributed by atoms with E-state index in [-0.39, 0.29) is 23.2 Å². The van der Waals surface area contributed by atoms with Gasteiger partial charge in [-0.2, -0.15) is 0 Å². The van der Waals surface area contributed by atoms with Crippen LogP contribution in [0.4, 0.5) is 0 Å². The van der Waals surface area contributed by atoms with Crippen molar-refractivity contribution in [3.63, 3.8) is 0 Å². The fourth-order valence-corrected chi connectivity index (χ4v) is 4.74. The van der Waals surface area contributed by atoms with Crippen LogP contribution in [0.5, 0.6) is 11.5 Å². The first-order valence-corrected chi connectivity index (χ1v) is 9.26. The van der Waals surface area contributed by atoms with E-state index in [2.05, 4.69) is 0 Å². The summed E-state index contributed by atoms with van der Waals surface area (Å²) in [4.78, 5) is 38.1. The van der Waals surface area contributed by atoms with Gasteiger partial charge < -0.3 is 19.1 Å². The zero-order valence-electron chi connectivity index (χ0n) is 14.9. The molecule has 2 heterocycles. The van der Waals surface area contributed by atoms with Crippen LogP contribution in [0.2, 0.25) is 0 Å². The van der Waals surface area contributed by atoms with Crippen LogP contribution in [0.1, 0.15) is 30.1 Å². The molecular formula is C18H21NO6S. The Hall–Kier alpha value is -2.22. The van der Waals surface area contributed by atoms with Crippen molar-refractivity contribution in [2.24, 2.45) is 0 Å². The van der Waals surface area contributed by atoms with Gasteiger partial charge in [0.25, 0.3) is 0 Å². The van der Waals surface area contributed by atoms with Crippen molar-refractivity contribution < 1.29 is 28.6 Å². The Labute approximate surface area is 156 Å². The smallest absolute Gasteiger partial charge is 0.330 e. The SMILES string of the molecule is COc1ccc(C(=O)COC(=O)[C@H]2CS[C@@]3(C)CCC(=O)N23)cc1OC. The topological polar surface area (TPSA) is 82.1 Å². The predicted octanol–water partition coefficient (Wildman–Crippen LogP) is 1.88. The predicted molar refractivity (Wildman–Crippen MR) is 95.6 cm³/mol. The van der Waals surface area contributed by atoms with Crippen molar-refractivity contribution in [2.45, 2.75) is 30.7 Å². The molecule has 8 heteroatoms. The second-order valence-corrected chi connectivity index (χ2v) is 7.87. The number of rotatable bonds is 6. The summed E-state index contributed by atoms with van der Waals surface area (Å²) in [7, 11) is 2.99. The normalized spacial score (nSPS) is 24.3. The molecular weight excluding hydrogens is 358 g/mol. The van der Waals surface area contributed by atoms with Gasteiger partial charge in [-0.25, -0.2) is 4.79 Å². The molecule has 140 valence electrons. The third-order valence-electron chi connectivity index (χ3n) is 4.77. The lowest BCUT2D eigenvalue weighted by atomic mass is 10.1. The Morgan fingerprint density at radius 3 is 2.69 bits per heavy atom. The molecule has 0 aliphatic carbocycles. The summed E-state index contributed by atoms with van der Waals surface area (Å²) < 4.78 is 15.5. The lowest BCUT2D eigenvalue weighted by molar-refractivity contribution is -0.152. The third kappa shape index (κ3) is 3.25. The number of Topliss-reactive ketones (excluding diaryl/α,β-unsaturated/α-hetero) is 1. The van der Waals surface area contributed by atoms with Crippen LogP contribution in [0.15, 0.2) is 18.2 Å². The van der Waals surface area contributed by atoms with Crippen molar-refractivity contribution in [1.29, 1.82) is 0 Å². The van der Waals surface area contributed by atoms with Crippen molar-refractivity contribution in [2.75, 3.05) is 26.6 Å². The molecule has 0 spiro atoms. The van der Waals surface area contributed by atoms with E-state index in [4.69, 9.17) is 14.2 Å². The first kappa shape index (κ1) is 18.6. The van der Waals surface area contributed by atoms with Crippen molar-refractivity contribution in [3.05, 3.63) is 23.8 Å². The Kier molecular flexibility index (Phi) is 5.13. The Morgan fingerprint density at radius 2 is 2.00 bits per heavy atom. The molecule has 2 fully saturated rings. The summed E-state index contributed by atoms with van der Waals surface area (Å²) >= 11 is 1.58. The van der Waals surface area contributed by atoms with Crippen LogP contribution in [-0.4, -0.2) is 60.1 Å². The van der Waals surface area contributed by atoms with Gasteiger partial charge in [0.2, 0.25) is 5.91 Å². The van der Waals surface area contributed by atoms with Crippen molar-refractivity contribution in [3.8, 4) is 11.5 Å². The number of hydrogen-bond donors (Lipinski definition) is 0. The second kappa shape index (κ2) is 7.19. The Bertz CT molecular complexity index is 751. The lowest BCUT2D eigenvalue weighted by Gasteiger charge is -2.29. The van der Waals surface area contributed by atoms with Gasteiger partial charge >= 0.3 is 5.97 Å². The van der Waals surface area contributed by atoms with Gasteiger partial charge in [-0.3, -0.25) is 9.59 Å². The molecule has 2 aliphatic rings. The van der Waals surface area contributed by atoms with E-state index < -0.39 is 12.0 Å². The minimum Gasteiger partial charge on any atom is -0.493 e. The largest absolute Gasteiger partial charge is 0.493 e. The van der Waals surface area contributed by atoms with E-state index in [9.17, 15) is 14.4 Å². The standard InChI is InChI=1S/C18H21NO6S/c1-18-7-6-16(21)19(18)12(10-26-18)17(22)25-9-13(20)11-4-5-14(23-2)15(8-11)24-3/h4-5,8,12H,6-7,9-10H2,1-3H3/t12-,18+/m1/s1. The van der Waals surface area contributed by atoms with E-state index in [0.29, 0.717) is 29.2 Å². The molecule has 1 amide bonds. The molecule has 0 unspecified atom stereocenters. The number of carbonyl (C=O) groups is 3. The number of ether oxygens (including phenoxy) is 3. The number of thioether (sulfide) groups is 1. The second-order valence-electron chi connectivity index (χ2n) is 6.37. The van der Waals surface area contributed by atoms with Gasteiger partial charge in [-0.15, -0.1) is 11.8 Å². The zero-order chi connectivity index (χ0) is 18.9. The van der Waals surface area contributed by atoms with Crippen LogP contribution < -0.4 is 9.47 Å². The number of fused-ring (bicyclic) bond motifs is 1. The van der Waals surface area contributed by atoms with Crippen molar-refractivity contribution in [1.82, 2.24) is 4.90 Å². The number of nitrogens with zero attached hydrogens (tertiary/aromatic N) is 1. The van der Waals surface area contributed by atoms with E-state index in [1.165, 1.54) is 14.2 Å². The van der Waals surface area contributed by atoms with Crippen LogP contribution in [0.25, 0.3) is 0 Å². The summed E-state index contributed by atoms with van der Waals surface area (Å²) in [5, 5.41) is 0. The van der Waals surface area contributed by atoms with Crippen LogP contribution in [0, 0.1) is 0 Å². The average molecular weight is 379 g/mol. The van der Waals surface area contributed by atoms with Crippen LogP contribution >= 0.6 is 11.8 Å². The molecule has 0 aromatic heterocycles. The van der Waals surface area contributed by atoms with Crippen LogP contribution in [-0.2, 0) is 14.3 Å². The first-order chi connectivity index (χ1) is 12.4. The number of methoxy groups -OCH3 is 2. The van der Waals surface area contributed by atoms with Gasteiger partial charge in [0.1, 0.15) is 6.04 Å². The summed E-state index contributed by atoms with van der Waals surface area (Å²) in [5.74, 6) is 0.508. The summed E-state index contributed by atoms with van der Waals surface area (Å²) in [6.07, 6.45) is 1.17. The minimum atomic E-state index is -0.627. The third-order valence-corrected chi connectivity index (χ3v) is 6.27. The fourth-order valence-electron chi connectivity index (χ4n) is 3.32. The average Bonchev–Trinajstić information content (AvgIpc) is 3.14. The molecule has 0 N–H and O–H groups in total. The minimum absolute atomic E-state index is 0.0364. The summed E-state index contributed by atoms with van der Waals surface area (Å²) in [5.41, 5.74) is 0.360. The number of benzene rings is 1. The number of esters is 1. The molecule has 2 saturated heterocycles. The first-order valence-electron chi connectivity index (χ1n) is 8.27. The van der Waals surface area contributed by atoms with Gasteiger partial charge in [0.05, 0.1) is 19.1 Å². The quantitative estimate of drug-likeness (QED) is 0.551. The van der Waals surface area contributed by atoms with Crippen molar-refractivity contribution >= 4 is 29.4 Å². The maximum atomic E-state index is 12.4.